The molecule has 2 N–H and O–H groups in total. The topological polar surface area (TPSA) is 67.2 Å². The molecule has 6 heteroatoms. The average molecular weight is 364 g/mol. The first kappa shape index (κ1) is 19.5. The van der Waals surface area contributed by atoms with Crippen LogP contribution in [0, 0.1) is 11.8 Å². The number of carbonyl (C=O) groups is 1. The molecule has 2 heterocycles. The van der Waals surface area contributed by atoms with Gasteiger partial charge in [0.15, 0.2) is 0 Å². The largest absolute Gasteiger partial charge is 0.444 e. The fraction of sp³-hybridized carbons (Fsp3) is 0.474. The predicted molar refractivity (Wildman–Crippen MR) is 100 cm³/mol. The monoisotopic (exact) mass is 363 g/mol. The van der Waals surface area contributed by atoms with Crippen LogP contribution in [0.4, 0.5) is 0 Å². The summed E-state index contributed by atoms with van der Waals surface area (Å²) in [6, 6.07) is 9.75. The quantitative estimate of drug-likeness (QED) is 0.825. The number of nitrogens with one attached hydrogen (secondary N) is 2. The minimum absolute atomic E-state index is 0. The fourth-order valence-electron chi connectivity index (χ4n) is 3.19. The van der Waals surface area contributed by atoms with E-state index in [9.17, 15) is 4.79 Å². The summed E-state index contributed by atoms with van der Waals surface area (Å²) in [6.07, 6.45) is 4.59. The maximum atomic E-state index is 12.2. The van der Waals surface area contributed by atoms with Gasteiger partial charge in [-0.2, -0.15) is 0 Å². The number of rotatable bonds is 6. The first-order valence-corrected chi connectivity index (χ1v) is 8.69. The van der Waals surface area contributed by atoms with Crippen LogP contribution in [0.15, 0.2) is 41.0 Å². The number of aromatic nitrogens is 1. The van der Waals surface area contributed by atoms with Crippen LogP contribution in [0.25, 0.3) is 11.5 Å². The van der Waals surface area contributed by atoms with E-state index in [0.29, 0.717) is 30.7 Å². The Morgan fingerprint density at radius 2 is 2.20 bits per heavy atom. The van der Waals surface area contributed by atoms with Gasteiger partial charge in [-0.05, 0) is 49.9 Å². The normalized spacial score (nSPS) is 18.2. The van der Waals surface area contributed by atoms with E-state index >= 15 is 0 Å². The highest BCUT2D eigenvalue weighted by molar-refractivity contribution is 5.85. The molecule has 2 unspecified atom stereocenters. The number of hydrogen-bond acceptors (Lipinski definition) is 4. The molecule has 5 nitrogen and oxygen atoms in total. The molecular weight excluding hydrogens is 338 g/mol. The number of hydrogen-bond donors (Lipinski definition) is 2. The summed E-state index contributed by atoms with van der Waals surface area (Å²) >= 11 is 0. The van der Waals surface area contributed by atoms with Crippen molar-refractivity contribution in [1.82, 2.24) is 15.6 Å². The molecule has 0 radical (unpaired) electrons. The number of amides is 1. The summed E-state index contributed by atoms with van der Waals surface area (Å²) in [5.41, 5.74) is 1.68. The van der Waals surface area contributed by atoms with Crippen LogP contribution in [0.2, 0.25) is 0 Å². The van der Waals surface area contributed by atoms with Gasteiger partial charge in [-0.15, -0.1) is 12.4 Å². The van der Waals surface area contributed by atoms with Gasteiger partial charge in [0.2, 0.25) is 11.8 Å². The van der Waals surface area contributed by atoms with Crippen LogP contribution >= 0.6 is 12.4 Å². The maximum Gasteiger partial charge on any atom is 0.226 e. The van der Waals surface area contributed by atoms with Crippen molar-refractivity contribution < 1.29 is 9.21 Å². The number of halogens is 1. The van der Waals surface area contributed by atoms with Gasteiger partial charge in [-0.3, -0.25) is 4.79 Å². The van der Waals surface area contributed by atoms with E-state index in [4.69, 9.17) is 4.42 Å². The molecule has 2 atom stereocenters. The smallest absolute Gasteiger partial charge is 0.226 e. The Kier molecular flexibility index (Phi) is 7.47. The predicted octanol–water partition coefficient (Wildman–Crippen LogP) is 3.41. The van der Waals surface area contributed by atoms with Crippen LogP contribution in [0.1, 0.15) is 31.9 Å². The summed E-state index contributed by atoms with van der Waals surface area (Å²) in [5.74, 6) is 1.66. The third-order valence-corrected chi connectivity index (χ3v) is 4.69. The lowest BCUT2D eigenvalue weighted by molar-refractivity contribution is -0.122. The lowest BCUT2D eigenvalue weighted by Gasteiger charge is -2.27. The van der Waals surface area contributed by atoms with Gasteiger partial charge in [0, 0.05) is 12.0 Å². The van der Waals surface area contributed by atoms with Crippen LogP contribution in [0.3, 0.4) is 0 Å². The third kappa shape index (κ3) is 5.58. The van der Waals surface area contributed by atoms with Crippen LogP contribution in [0.5, 0.6) is 0 Å². The molecule has 0 bridgehead atoms. The van der Waals surface area contributed by atoms with Crippen molar-refractivity contribution in [2.45, 2.75) is 32.7 Å². The molecule has 0 saturated carbocycles. The first-order chi connectivity index (χ1) is 11.7. The molecule has 3 rings (SSSR count). The highest BCUT2D eigenvalue weighted by Crippen LogP contribution is 2.22. The van der Waals surface area contributed by atoms with Gasteiger partial charge < -0.3 is 15.1 Å². The van der Waals surface area contributed by atoms with Crippen LogP contribution < -0.4 is 10.6 Å². The molecule has 1 aliphatic rings. The van der Waals surface area contributed by atoms with Crippen molar-refractivity contribution in [2.75, 3.05) is 13.1 Å². The summed E-state index contributed by atoms with van der Waals surface area (Å²) in [7, 11) is 0. The van der Waals surface area contributed by atoms with Gasteiger partial charge in [0.1, 0.15) is 6.26 Å². The summed E-state index contributed by atoms with van der Waals surface area (Å²) in [5, 5.41) is 6.36. The SMILES string of the molecule is CC(CC(=O)NCc1coc(-c2ccccc2)n1)C1CCCNC1.Cl. The zero-order valence-corrected chi connectivity index (χ0v) is 15.3. The van der Waals surface area contributed by atoms with Gasteiger partial charge in [-0.25, -0.2) is 4.98 Å². The van der Waals surface area contributed by atoms with Crippen molar-refractivity contribution in [3.63, 3.8) is 0 Å². The molecule has 1 aromatic heterocycles. The van der Waals surface area contributed by atoms with Crippen LogP contribution in [-0.4, -0.2) is 24.0 Å². The third-order valence-electron chi connectivity index (χ3n) is 4.69. The lowest BCUT2D eigenvalue weighted by Crippen LogP contribution is -2.35. The van der Waals surface area contributed by atoms with Crippen molar-refractivity contribution in [2.24, 2.45) is 11.8 Å². The Morgan fingerprint density at radius 3 is 2.92 bits per heavy atom. The average Bonchev–Trinajstić information content (AvgIpc) is 3.10. The number of oxazole rings is 1. The highest BCUT2D eigenvalue weighted by atomic mass is 35.5. The number of piperidine rings is 1. The molecular formula is C19H26ClN3O2. The minimum atomic E-state index is 0. The Hall–Kier alpha value is -1.85. The van der Waals surface area contributed by atoms with Gasteiger partial charge in [-0.1, -0.05) is 25.1 Å². The molecule has 1 amide bonds. The van der Waals surface area contributed by atoms with Crippen LogP contribution in [-0.2, 0) is 11.3 Å². The standard InChI is InChI=1S/C19H25N3O2.ClH/c1-14(16-8-5-9-20-11-16)10-18(23)21-12-17-13-24-19(22-17)15-6-3-2-4-7-15;/h2-4,6-7,13-14,16,20H,5,8-12H2,1H3,(H,21,23);1H. The highest BCUT2D eigenvalue weighted by Gasteiger charge is 2.22. The second-order valence-corrected chi connectivity index (χ2v) is 6.57. The van der Waals surface area contributed by atoms with Gasteiger partial charge in [0.25, 0.3) is 0 Å². The van der Waals surface area contributed by atoms with Crippen molar-refractivity contribution in [3.05, 3.63) is 42.3 Å². The van der Waals surface area contributed by atoms with E-state index in [2.05, 4.69) is 22.5 Å². The van der Waals surface area contributed by atoms with Gasteiger partial charge in [0.05, 0.1) is 12.2 Å². The van der Waals surface area contributed by atoms with Crippen molar-refractivity contribution >= 4 is 18.3 Å². The maximum absolute atomic E-state index is 12.2. The number of benzene rings is 1. The Balaban J connectivity index is 0.00000225. The summed E-state index contributed by atoms with van der Waals surface area (Å²) in [4.78, 5) is 16.6. The zero-order chi connectivity index (χ0) is 16.8. The molecule has 25 heavy (non-hydrogen) atoms. The van der Waals surface area contributed by atoms with E-state index in [-0.39, 0.29) is 18.3 Å². The van der Waals surface area contributed by atoms with E-state index < -0.39 is 0 Å². The number of carbonyl (C=O) groups excluding carboxylic acids is 1. The fourth-order valence-corrected chi connectivity index (χ4v) is 3.19. The van der Waals surface area contributed by atoms with Crippen molar-refractivity contribution in [3.8, 4) is 11.5 Å². The second kappa shape index (κ2) is 9.59. The molecule has 1 aromatic carbocycles. The first-order valence-electron chi connectivity index (χ1n) is 8.69. The Labute approximate surface area is 155 Å². The Morgan fingerprint density at radius 1 is 1.40 bits per heavy atom. The van der Waals surface area contributed by atoms with Crippen molar-refractivity contribution in [1.29, 1.82) is 0 Å². The molecule has 1 fully saturated rings. The summed E-state index contributed by atoms with van der Waals surface area (Å²) < 4.78 is 5.49. The minimum Gasteiger partial charge on any atom is -0.444 e. The molecule has 1 saturated heterocycles. The molecule has 2 aromatic rings. The summed E-state index contributed by atoms with van der Waals surface area (Å²) in [6.45, 7) is 4.70. The molecule has 0 spiro atoms. The molecule has 136 valence electrons. The van der Waals surface area contributed by atoms with E-state index in [1.807, 2.05) is 30.3 Å². The van der Waals surface area contributed by atoms with E-state index in [1.165, 1.54) is 12.8 Å². The van der Waals surface area contributed by atoms with Gasteiger partial charge >= 0.3 is 0 Å². The zero-order valence-electron chi connectivity index (χ0n) is 14.5. The Bertz CT molecular complexity index is 654. The lowest BCUT2D eigenvalue weighted by atomic mass is 9.85. The molecule has 0 aliphatic carbocycles. The molecule has 1 aliphatic heterocycles. The number of nitrogens with zero attached hydrogens (tertiary/aromatic N) is 1. The van der Waals surface area contributed by atoms with E-state index in [1.54, 1.807) is 6.26 Å². The van der Waals surface area contributed by atoms with E-state index in [0.717, 1.165) is 24.3 Å². The second-order valence-electron chi connectivity index (χ2n) is 6.57.